The van der Waals surface area contributed by atoms with Crippen LogP contribution in [0.2, 0.25) is 0 Å². The Kier molecular flexibility index (Phi) is 12.2. The fraction of sp³-hybridized carbons (Fsp3) is 0.706. The standard InChI is InChI=1S/C17H30N4O9/c1-12(22)20(29)8-4-3-6-19-16(27)17(28,11-15(25)26)10-14(24)18-7-5-9-21(30)13(2)23/h28-30H,3-11H2,1-2H3,(H,18,24)(H,19,27)(H,25,26)/t17-/m1/s1. The number of carbonyl (C=O) groups is 5. The van der Waals surface area contributed by atoms with E-state index in [1.54, 1.807) is 0 Å². The molecule has 172 valence electrons. The Morgan fingerprint density at radius 2 is 1.30 bits per heavy atom. The number of hydrogen-bond donors (Lipinski definition) is 6. The maximum absolute atomic E-state index is 12.2. The van der Waals surface area contributed by atoms with Crippen molar-refractivity contribution in [3.05, 3.63) is 0 Å². The van der Waals surface area contributed by atoms with Gasteiger partial charge in [-0.1, -0.05) is 0 Å². The van der Waals surface area contributed by atoms with Crippen molar-refractivity contribution in [1.29, 1.82) is 0 Å². The SMILES string of the molecule is CC(=O)N(O)CCCCNC(=O)[C@](O)(CC(=O)O)CC(=O)NCCCN(O)C(C)=O. The van der Waals surface area contributed by atoms with E-state index in [0.29, 0.717) is 23.0 Å². The number of aliphatic carboxylic acids is 1. The van der Waals surface area contributed by atoms with Gasteiger partial charge in [-0.2, -0.15) is 0 Å². The minimum Gasteiger partial charge on any atom is -0.481 e. The zero-order chi connectivity index (χ0) is 23.3. The molecule has 0 bridgehead atoms. The quantitative estimate of drug-likeness (QED) is 0.107. The molecule has 4 amide bonds. The summed E-state index contributed by atoms with van der Waals surface area (Å²) in [5.74, 6) is -4.39. The Morgan fingerprint density at radius 3 is 1.80 bits per heavy atom. The molecule has 0 aliphatic heterocycles. The summed E-state index contributed by atoms with van der Waals surface area (Å²) < 4.78 is 0. The second-order valence-corrected chi connectivity index (χ2v) is 6.73. The lowest BCUT2D eigenvalue weighted by atomic mass is 9.93. The molecule has 0 unspecified atom stereocenters. The first kappa shape index (κ1) is 27.2. The van der Waals surface area contributed by atoms with Gasteiger partial charge in [0.1, 0.15) is 0 Å². The number of carboxylic acid groups (broad SMARTS) is 1. The average Bonchev–Trinajstić information content (AvgIpc) is 2.63. The predicted octanol–water partition coefficient (Wildman–Crippen LogP) is -1.54. The molecule has 0 spiro atoms. The summed E-state index contributed by atoms with van der Waals surface area (Å²) in [6, 6.07) is 0. The molecular formula is C17H30N4O9. The van der Waals surface area contributed by atoms with Crippen molar-refractivity contribution in [2.24, 2.45) is 0 Å². The fourth-order valence-electron chi connectivity index (χ4n) is 2.33. The van der Waals surface area contributed by atoms with Crippen LogP contribution in [0.25, 0.3) is 0 Å². The van der Waals surface area contributed by atoms with Crippen LogP contribution in [0, 0.1) is 0 Å². The number of nitrogens with one attached hydrogen (secondary N) is 2. The molecule has 0 rings (SSSR count). The van der Waals surface area contributed by atoms with E-state index in [9.17, 15) is 39.5 Å². The van der Waals surface area contributed by atoms with Crippen LogP contribution >= 0.6 is 0 Å². The predicted molar refractivity (Wildman–Crippen MR) is 100 cm³/mol. The molecule has 6 N–H and O–H groups in total. The summed E-state index contributed by atoms with van der Waals surface area (Å²) in [6.07, 6.45) is -0.908. The second-order valence-electron chi connectivity index (χ2n) is 6.73. The molecule has 0 heterocycles. The number of hydrogen-bond acceptors (Lipinski definition) is 8. The molecule has 0 fully saturated rings. The summed E-state index contributed by atoms with van der Waals surface area (Å²) in [7, 11) is 0. The zero-order valence-corrected chi connectivity index (χ0v) is 17.1. The van der Waals surface area contributed by atoms with Crippen LogP contribution < -0.4 is 10.6 Å². The Labute approximate surface area is 173 Å². The van der Waals surface area contributed by atoms with Gasteiger partial charge in [0.25, 0.3) is 5.91 Å². The summed E-state index contributed by atoms with van der Waals surface area (Å²) >= 11 is 0. The maximum Gasteiger partial charge on any atom is 0.306 e. The molecule has 0 aliphatic rings. The molecule has 0 saturated heterocycles. The van der Waals surface area contributed by atoms with Gasteiger partial charge in [0.15, 0.2) is 5.60 Å². The molecule has 0 saturated carbocycles. The van der Waals surface area contributed by atoms with Crippen LogP contribution in [0.3, 0.4) is 0 Å². The third-order valence-corrected chi connectivity index (χ3v) is 4.00. The van der Waals surface area contributed by atoms with Crippen LogP contribution in [0.5, 0.6) is 0 Å². The fourth-order valence-corrected chi connectivity index (χ4v) is 2.33. The van der Waals surface area contributed by atoms with Gasteiger partial charge in [-0.3, -0.25) is 34.4 Å². The van der Waals surface area contributed by atoms with Crippen molar-refractivity contribution >= 4 is 29.6 Å². The van der Waals surface area contributed by atoms with Gasteiger partial charge in [-0.15, -0.1) is 0 Å². The highest BCUT2D eigenvalue weighted by Crippen LogP contribution is 2.16. The lowest BCUT2D eigenvalue weighted by Crippen LogP contribution is -2.51. The normalized spacial score (nSPS) is 12.4. The van der Waals surface area contributed by atoms with E-state index < -0.39 is 48.0 Å². The average molecular weight is 434 g/mol. The number of hydroxylamine groups is 4. The Bertz CT molecular complexity index is 628. The van der Waals surface area contributed by atoms with Crippen molar-refractivity contribution in [3.8, 4) is 0 Å². The maximum atomic E-state index is 12.2. The van der Waals surface area contributed by atoms with E-state index in [2.05, 4.69) is 10.6 Å². The number of carbonyl (C=O) groups excluding carboxylic acids is 4. The lowest BCUT2D eigenvalue weighted by molar-refractivity contribution is -0.163. The number of unbranched alkanes of at least 4 members (excludes halogenated alkanes) is 1. The van der Waals surface area contributed by atoms with Crippen LogP contribution in [-0.4, -0.2) is 92.1 Å². The number of amides is 4. The van der Waals surface area contributed by atoms with E-state index in [4.69, 9.17) is 5.11 Å². The molecular weight excluding hydrogens is 404 g/mol. The summed E-state index contributed by atoms with van der Waals surface area (Å²) in [6.45, 7) is 2.41. The van der Waals surface area contributed by atoms with Crippen molar-refractivity contribution < 1.29 is 44.6 Å². The minimum absolute atomic E-state index is 0.0295. The molecule has 1 atom stereocenters. The zero-order valence-electron chi connectivity index (χ0n) is 17.1. The topological polar surface area (TPSA) is 197 Å². The smallest absolute Gasteiger partial charge is 0.306 e. The summed E-state index contributed by atoms with van der Waals surface area (Å²) in [5.41, 5.74) is -2.47. The second kappa shape index (κ2) is 13.5. The highest BCUT2D eigenvalue weighted by Gasteiger charge is 2.40. The van der Waals surface area contributed by atoms with Gasteiger partial charge >= 0.3 is 5.97 Å². The first-order chi connectivity index (χ1) is 13.9. The molecule has 13 nitrogen and oxygen atoms in total. The molecule has 0 aromatic carbocycles. The van der Waals surface area contributed by atoms with Gasteiger partial charge < -0.3 is 20.8 Å². The summed E-state index contributed by atoms with van der Waals surface area (Å²) in [5, 5.41) is 43.5. The number of carboxylic acids is 1. The Morgan fingerprint density at radius 1 is 0.800 bits per heavy atom. The third kappa shape index (κ3) is 11.3. The largest absolute Gasteiger partial charge is 0.481 e. The molecule has 0 radical (unpaired) electrons. The Balaban J connectivity index is 4.53. The molecule has 0 aromatic rings. The van der Waals surface area contributed by atoms with E-state index >= 15 is 0 Å². The van der Waals surface area contributed by atoms with Crippen LogP contribution in [0.4, 0.5) is 0 Å². The van der Waals surface area contributed by atoms with Crippen LogP contribution in [0.15, 0.2) is 0 Å². The monoisotopic (exact) mass is 434 g/mol. The summed E-state index contributed by atoms with van der Waals surface area (Å²) in [4.78, 5) is 57.0. The molecule has 13 heteroatoms. The van der Waals surface area contributed by atoms with Crippen molar-refractivity contribution in [3.63, 3.8) is 0 Å². The highest BCUT2D eigenvalue weighted by molar-refractivity contribution is 5.94. The number of rotatable bonds is 14. The van der Waals surface area contributed by atoms with Gasteiger partial charge in [-0.25, -0.2) is 10.1 Å². The van der Waals surface area contributed by atoms with Crippen molar-refractivity contribution in [2.45, 2.75) is 51.6 Å². The third-order valence-electron chi connectivity index (χ3n) is 4.00. The first-order valence-corrected chi connectivity index (χ1v) is 9.32. The van der Waals surface area contributed by atoms with E-state index in [0.717, 1.165) is 6.92 Å². The minimum atomic E-state index is -2.47. The number of nitrogens with zero attached hydrogens (tertiary/aromatic N) is 2. The highest BCUT2D eigenvalue weighted by atomic mass is 16.5. The first-order valence-electron chi connectivity index (χ1n) is 9.32. The molecule has 0 aliphatic carbocycles. The van der Waals surface area contributed by atoms with Gasteiger partial charge in [0, 0.05) is 33.5 Å². The Hall–Kier alpha value is -2.77. The lowest BCUT2D eigenvalue weighted by Gasteiger charge is -2.25. The molecule has 30 heavy (non-hydrogen) atoms. The van der Waals surface area contributed by atoms with Crippen LogP contribution in [-0.2, 0) is 24.0 Å². The van der Waals surface area contributed by atoms with E-state index in [1.807, 2.05) is 0 Å². The van der Waals surface area contributed by atoms with Crippen LogP contribution in [0.1, 0.15) is 46.0 Å². The number of aliphatic hydroxyl groups is 1. The van der Waals surface area contributed by atoms with Gasteiger partial charge in [0.05, 0.1) is 19.4 Å². The molecule has 0 aromatic heterocycles. The van der Waals surface area contributed by atoms with Crippen molar-refractivity contribution in [2.75, 3.05) is 26.2 Å². The van der Waals surface area contributed by atoms with Gasteiger partial charge in [-0.05, 0) is 19.3 Å². The van der Waals surface area contributed by atoms with Crippen molar-refractivity contribution in [1.82, 2.24) is 20.8 Å². The van der Waals surface area contributed by atoms with E-state index in [1.165, 1.54) is 6.92 Å². The van der Waals surface area contributed by atoms with E-state index in [-0.39, 0.29) is 32.6 Å². The van der Waals surface area contributed by atoms with Gasteiger partial charge in [0.2, 0.25) is 17.7 Å².